The van der Waals surface area contributed by atoms with Gasteiger partial charge in [-0.05, 0) is 56.7 Å². The lowest BCUT2D eigenvalue weighted by Crippen LogP contribution is -2.53. The van der Waals surface area contributed by atoms with Crippen molar-refractivity contribution in [2.45, 2.75) is 69.6 Å². The third-order valence-corrected chi connectivity index (χ3v) is 7.80. The maximum absolute atomic E-state index is 14.1. The van der Waals surface area contributed by atoms with E-state index in [2.05, 4.69) is 41.0 Å². The number of carbonyl (C=O) groups excluding carboxylic acids is 1. The summed E-state index contributed by atoms with van der Waals surface area (Å²) in [6.45, 7) is 8.48. The van der Waals surface area contributed by atoms with Crippen molar-refractivity contribution in [1.29, 1.82) is 0 Å². The molecule has 35 heavy (non-hydrogen) atoms. The molecule has 3 aliphatic rings. The molecule has 0 spiro atoms. The number of amides is 1. The average molecular weight is 486 g/mol. The van der Waals surface area contributed by atoms with Crippen molar-refractivity contribution in [3.63, 3.8) is 0 Å². The second-order valence-electron chi connectivity index (χ2n) is 10.8. The molecule has 2 saturated heterocycles. The predicted molar refractivity (Wildman–Crippen MR) is 128 cm³/mol. The summed E-state index contributed by atoms with van der Waals surface area (Å²) >= 11 is 0. The Labute approximate surface area is 204 Å². The fraction of sp³-hybridized carbons (Fsp3) is 0.577. The summed E-state index contributed by atoms with van der Waals surface area (Å²) in [5.41, 5.74) is 2.09. The molecular formula is C26H33F2N5O2. The molecule has 2 aliphatic heterocycles. The summed E-state index contributed by atoms with van der Waals surface area (Å²) in [5.74, 6) is -1.49. The van der Waals surface area contributed by atoms with Crippen LogP contribution in [-0.2, 0) is 4.79 Å². The molecule has 0 radical (unpaired) electrons. The maximum Gasteiger partial charge on any atom is 0.231 e. The van der Waals surface area contributed by atoms with Crippen molar-refractivity contribution >= 4 is 11.7 Å². The zero-order chi connectivity index (χ0) is 24.9. The second kappa shape index (κ2) is 9.09. The number of hydrogen-bond acceptors (Lipinski definition) is 6. The zero-order valence-corrected chi connectivity index (χ0v) is 20.5. The molecule has 5 rings (SSSR count). The van der Waals surface area contributed by atoms with E-state index in [1.54, 1.807) is 0 Å². The van der Waals surface area contributed by atoms with Gasteiger partial charge >= 0.3 is 0 Å². The summed E-state index contributed by atoms with van der Waals surface area (Å²) < 4.78 is 27.8. The largest absolute Gasteiger partial charge is 0.387 e. The molecule has 1 aromatic heterocycles. The smallest absolute Gasteiger partial charge is 0.231 e. The summed E-state index contributed by atoms with van der Waals surface area (Å²) in [7, 11) is 0. The number of benzene rings is 1. The Balaban J connectivity index is 1.35. The molecule has 1 amide bonds. The topological polar surface area (TPSA) is 81.6 Å². The van der Waals surface area contributed by atoms with Crippen LogP contribution in [0.5, 0.6) is 0 Å². The van der Waals surface area contributed by atoms with E-state index in [1.165, 1.54) is 12.4 Å². The molecule has 3 heterocycles. The Kier molecular flexibility index (Phi) is 6.25. The van der Waals surface area contributed by atoms with E-state index in [9.17, 15) is 18.7 Å². The van der Waals surface area contributed by atoms with Gasteiger partial charge in [0.05, 0.1) is 17.7 Å². The molecule has 1 aromatic carbocycles. The normalized spacial score (nSPS) is 26.6. The van der Waals surface area contributed by atoms with Gasteiger partial charge in [0, 0.05) is 43.3 Å². The van der Waals surface area contributed by atoms with Crippen molar-refractivity contribution in [3.05, 3.63) is 53.0 Å². The minimum absolute atomic E-state index is 0.0671. The van der Waals surface area contributed by atoms with Crippen LogP contribution in [0.25, 0.3) is 0 Å². The van der Waals surface area contributed by atoms with E-state index < -0.39 is 23.7 Å². The van der Waals surface area contributed by atoms with Crippen LogP contribution in [0.2, 0.25) is 0 Å². The molecule has 9 heteroatoms. The van der Waals surface area contributed by atoms with Crippen LogP contribution in [0.15, 0.2) is 24.5 Å². The van der Waals surface area contributed by atoms with Crippen molar-refractivity contribution in [2.75, 3.05) is 31.1 Å². The van der Waals surface area contributed by atoms with Gasteiger partial charge in [-0.15, -0.1) is 0 Å². The summed E-state index contributed by atoms with van der Waals surface area (Å²) in [5, 5.41) is 13.9. The molecule has 2 aromatic rings. The van der Waals surface area contributed by atoms with Gasteiger partial charge < -0.3 is 20.2 Å². The first-order chi connectivity index (χ1) is 16.6. The van der Waals surface area contributed by atoms with E-state index in [0.717, 1.165) is 36.4 Å². The molecule has 7 nitrogen and oxygen atoms in total. The number of nitrogens with one attached hydrogen (secondary N) is 1. The Morgan fingerprint density at radius 2 is 1.91 bits per heavy atom. The van der Waals surface area contributed by atoms with Crippen LogP contribution in [0, 0.1) is 11.6 Å². The Morgan fingerprint density at radius 1 is 1.17 bits per heavy atom. The standard InChI is InChI=1S/C26H33F2N5O2/c1-15-12-20(34)23-21(15)24(30-14-29-23)32-8-10-33(11-9-32)25(35)22(19-6-7-26(2,3)31-19)16-4-5-17(27)18(28)13-16/h4-5,13-15,19-20,22,31,34H,6-12H2,1-3H3/t15-,19+,20-,22?/m1/s1. The lowest BCUT2D eigenvalue weighted by Gasteiger charge is -2.39. The molecule has 2 fully saturated rings. The number of halogens is 2. The van der Waals surface area contributed by atoms with Gasteiger partial charge in [0.25, 0.3) is 0 Å². The molecule has 188 valence electrons. The van der Waals surface area contributed by atoms with Crippen molar-refractivity contribution in [3.8, 4) is 0 Å². The minimum atomic E-state index is -0.934. The first kappa shape index (κ1) is 24.1. The predicted octanol–water partition coefficient (Wildman–Crippen LogP) is 3.26. The number of anilines is 1. The zero-order valence-electron chi connectivity index (χ0n) is 20.5. The molecule has 2 N–H and O–H groups in total. The van der Waals surface area contributed by atoms with E-state index in [-0.39, 0.29) is 23.4 Å². The highest BCUT2D eigenvalue weighted by molar-refractivity contribution is 5.85. The van der Waals surface area contributed by atoms with Crippen LogP contribution in [-0.4, -0.2) is 63.6 Å². The maximum atomic E-state index is 14.1. The number of aliphatic hydroxyl groups is 1. The van der Waals surface area contributed by atoms with Crippen LogP contribution in [0.4, 0.5) is 14.6 Å². The van der Waals surface area contributed by atoms with E-state index in [0.29, 0.717) is 43.9 Å². The van der Waals surface area contributed by atoms with Gasteiger partial charge in [0.2, 0.25) is 5.91 Å². The third kappa shape index (κ3) is 4.51. The fourth-order valence-corrected chi connectivity index (χ4v) is 5.95. The monoisotopic (exact) mass is 485 g/mol. The van der Waals surface area contributed by atoms with Crippen LogP contribution in [0.1, 0.15) is 74.8 Å². The first-order valence-corrected chi connectivity index (χ1v) is 12.4. The van der Waals surface area contributed by atoms with Crippen LogP contribution < -0.4 is 10.2 Å². The molecule has 4 atom stereocenters. The van der Waals surface area contributed by atoms with Crippen LogP contribution in [0.3, 0.4) is 0 Å². The molecule has 0 saturated carbocycles. The van der Waals surface area contributed by atoms with E-state index in [4.69, 9.17) is 0 Å². The van der Waals surface area contributed by atoms with Crippen LogP contribution >= 0.6 is 0 Å². The highest BCUT2D eigenvalue weighted by Gasteiger charge is 2.41. The number of fused-ring (bicyclic) bond motifs is 1. The minimum Gasteiger partial charge on any atom is -0.387 e. The van der Waals surface area contributed by atoms with Crippen molar-refractivity contribution in [1.82, 2.24) is 20.2 Å². The third-order valence-electron chi connectivity index (χ3n) is 7.80. The first-order valence-electron chi connectivity index (χ1n) is 12.4. The Hall–Kier alpha value is -2.65. The number of aliphatic hydroxyl groups excluding tert-OH is 1. The van der Waals surface area contributed by atoms with Gasteiger partial charge in [0.15, 0.2) is 11.6 Å². The average Bonchev–Trinajstić information content (AvgIpc) is 3.34. The highest BCUT2D eigenvalue weighted by Crippen LogP contribution is 2.43. The number of aromatic nitrogens is 2. The fourth-order valence-electron chi connectivity index (χ4n) is 5.95. The SMILES string of the molecule is C[C@@H]1C[C@@H](O)c2ncnc(N3CCN(C(=O)C(c4ccc(F)c(F)c4)[C@@H]4CCC(C)(C)N4)CC3)c21. The van der Waals surface area contributed by atoms with Gasteiger partial charge in [0.1, 0.15) is 12.1 Å². The second-order valence-corrected chi connectivity index (χ2v) is 10.8. The van der Waals surface area contributed by atoms with Gasteiger partial charge in [-0.3, -0.25) is 4.79 Å². The Morgan fingerprint density at radius 3 is 2.57 bits per heavy atom. The van der Waals surface area contributed by atoms with E-state index >= 15 is 0 Å². The highest BCUT2D eigenvalue weighted by atomic mass is 19.2. The quantitative estimate of drug-likeness (QED) is 0.692. The summed E-state index contributed by atoms with van der Waals surface area (Å²) in [6.07, 6.45) is 3.27. The molecule has 0 bridgehead atoms. The summed E-state index contributed by atoms with van der Waals surface area (Å²) in [4.78, 5) is 26.6. The lowest BCUT2D eigenvalue weighted by molar-refractivity contribution is -0.133. The van der Waals surface area contributed by atoms with E-state index in [1.807, 2.05) is 4.90 Å². The van der Waals surface area contributed by atoms with Crippen molar-refractivity contribution in [2.24, 2.45) is 0 Å². The number of rotatable bonds is 4. The number of nitrogens with zero attached hydrogens (tertiary/aromatic N) is 4. The van der Waals surface area contributed by atoms with Gasteiger partial charge in [-0.2, -0.15) is 0 Å². The van der Waals surface area contributed by atoms with Gasteiger partial charge in [-0.25, -0.2) is 18.7 Å². The molecular weight excluding hydrogens is 452 g/mol. The Bertz CT molecular complexity index is 1120. The number of piperazine rings is 1. The number of hydrogen-bond donors (Lipinski definition) is 2. The van der Waals surface area contributed by atoms with Crippen molar-refractivity contribution < 1.29 is 18.7 Å². The molecule has 1 aliphatic carbocycles. The summed E-state index contributed by atoms with van der Waals surface area (Å²) in [6, 6.07) is 3.65. The van der Waals surface area contributed by atoms with Gasteiger partial charge in [-0.1, -0.05) is 13.0 Å². The number of carbonyl (C=O) groups is 1. The lowest BCUT2D eigenvalue weighted by atomic mass is 9.88. The molecule has 1 unspecified atom stereocenters.